The molecular formula is C9H20N2. The van der Waals surface area contributed by atoms with Crippen LogP contribution in [0.25, 0.3) is 0 Å². The molecule has 0 bridgehead atoms. The lowest BCUT2D eigenvalue weighted by Gasteiger charge is -2.22. The second-order valence-corrected chi connectivity index (χ2v) is 3.41. The Hall–Kier alpha value is -0.530. The van der Waals surface area contributed by atoms with E-state index in [0.29, 0.717) is 17.9 Å². The van der Waals surface area contributed by atoms with Gasteiger partial charge in [0.05, 0.1) is 0 Å². The molecule has 0 saturated carbocycles. The van der Waals surface area contributed by atoms with E-state index >= 15 is 0 Å². The highest BCUT2D eigenvalue weighted by Gasteiger charge is 2.13. The quantitative estimate of drug-likeness (QED) is 0.490. The van der Waals surface area contributed by atoms with Crippen LogP contribution < -0.4 is 5.43 Å². The molecule has 2 nitrogen and oxygen atoms in total. The average molecular weight is 156 g/mol. The lowest BCUT2D eigenvalue weighted by molar-refractivity contribution is 0.320. The van der Waals surface area contributed by atoms with Crippen molar-refractivity contribution in [1.82, 2.24) is 5.43 Å². The summed E-state index contributed by atoms with van der Waals surface area (Å²) in [5, 5.41) is 4.00. The Morgan fingerprint density at radius 3 is 2.09 bits per heavy atom. The van der Waals surface area contributed by atoms with E-state index in [2.05, 4.69) is 38.2 Å². The molecule has 0 radical (unpaired) electrons. The second-order valence-electron chi connectivity index (χ2n) is 3.41. The molecule has 66 valence electrons. The predicted molar refractivity (Wildman–Crippen MR) is 50.8 cm³/mol. The van der Waals surface area contributed by atoms with E-state index in [1.165, 1.54) is 0 Å². The SMILES string of the molecule is C/C=N\NC(C)[C@@H](C)C(C)C. The van der Waals surface area contributed by atoms with Gasteiger partial charge in [0.25, 0.3) is 0 Å². The first-order chi connectivity index (χ1) is 5.09. The Labute approximate surface area is 70.1 Å². The van der Waals surface area contributed by atoms with Crippen LogP contribution in [0.15, 0.2) is 5.10 Å². The average Bonchev–Trinajstić information content (AvgIpc) is 1.98. The zero-order valence-corrected chi connectivity index (χ0v) is 8.26. The monoisotopic (exact) mass is 156 g/mol. The van der Waals surface area contributed by atoms with E-state index in [1.807, 2.05) is 6.92 Å². The van der Waals surface area contributed by atoms with Crippen molar-refractivity contribution in [2.24, 2.45) is 16.9 Å². The first-order valence-corrected chi connectivity index (χ1v) is 4.32. The zero-order chi connectivity index (χ0) is 8.85. The van der Waals surface area contributed by atoms with Gasteiger partial charge in [-0.05, 0) is 25.7 Å². The van der Waals surface area contributed by atoms with E-state index in [9.17, 15) is 0 Å². The summed E-state index contributed by atoms with van der Waals surface area (Å²) in [7, 11) is 0. The Morgan fingerprint density at radius 2 is 1.73 bits per heavy atom. The smallest absolute Gasteiger partial charge is 0.0439 e. The van der Waals surface area contributed by atoms with E-state index in [4.69, 9.17) is 0 Å². The standard InChI is InChI=1S/C9H20N2/c1-6-10-11-9(5)8(4)7(2)3/h6-9,11H,1-5H3/b10-6-/t8-,9?/m0/s1. The highest BCUT2D eigenvalue weighted by Crippen LogP contribution is 2.13. The summed E-state index contributed by atoms with van der Waals surface area (Å²) in [4.78, 5) is 0. The summed E-state index contributed by atoms with van der Waals surface area (Å²) in [5.41, 5.74) is 3.08. The zero-order valence-electron chi connectivity index (χ0n) is 8.26. The summed E-state index contributed by atoms with van der Waals surface area (Å²) in [6.45, 7) is 10.8. The molecule has 0 aromatic heterocycles. The number of nitrogens with one attached hydrogen (secondary N) is 1. The van der Waals surface area contributed by atoms with Gasteiger partial charge < -0.3 is 5.43 Å². The molecule has 0 aromatic carbocycles. The fourth-order valence-corrected chi connectivity index (χ4v) is 0.887. The van der Waals surface area contributed by atoms with E-state index in [0.717, 1.165) is 0 Å². The molecule has 0 rings (SSSR count). The van der Waals surface area contributed by atoms with Gasteiger partial charge in [0.1, 0.15) is 0 Å². The molecule has 0 aliphatic rings. The van der Waals surface area contributed by atoms with Gasteiger partial charge in [-0.25, -0.2) is 0 Å². The topological polar surface area (TPSA) is 24.4 Å². The predicted octanol–water partition coefficient (Wildman–Crippen LogP) is 2.26. The molecule has 2 atom stereocenters. The summed E-state index contributed by atoms with van der Waals surface area (Å²) < 4.78 is 0. The third-order valence-electron chi connectivity index (χ3n) is 2.25. The number of hydrogen-bond acceptors (Lipinski definition) is 2. The van der Waals surface area contributed by atoms with Gasteiger partial charge in [0.2, 0.25) is 0 Å². The molecule has 2 heteroatoms. The second kappa shape index (κ2) is 5.16. The number of nitrogens with zero attached hydrogens (tertiary/aromatic N) is 1. The number of hydrogen-bond donors (Lipinski definition) is 1. The van der Waals surface area contributed by atoms with Crippen LogP contribution in [-0.4, -0.2) is 12.3 Å². The van der Waals surface area contributed by atoms with Crippen LogP contribution in [0, 0.1) is 11.8 Å². The van der Waals surface area contributed by atoms with Gasteiger partial charge in [0.15, 0.2) is 0 Å². The first-order valence-electron chi connectivity index (χ1n) is 4.32. The molecule has 0 aromatic rings. The minimum absolute atomic E-state index is 0.464. The maximum atomic E-state index is 4.00. The van der Waals surface area contributed by atoms with Crippen molar-refractivity contribution in [3.05, 3.63) is 0 Å². The molecule has 1 N–H and O–H groups in total. The highest BCUT2D eigenvalue weighted by atomic mass is 15.3. The minimum Gasteiger partial charge on any atom is -0.307 e. The fourth-order valence-electron chi connectivity index (χ4n) is 0.887. The van der Waals surface area contributed by atoms with E-state index in [1.54, 1.807) is 6.21 Å². The summed E-state index contributed by atoms with van der Waals surface area (Å²) >= 11 is 0. The number of hydrazone groups is 1. The largest absolute Gasteiger partial charge is 0.307 e. The lowest BCUT2D eigenvalue weighted by atomic mass is 9.92. The van der Waals surface area contributed by atoms with Crippen molar-refractivity contribution in [3.63, 3.8) is 0 Å². The van der Waals surface area contributed by atoms with Crippen molar-refractivity contribution in [1.29, 1.82) is 0 Å². The summed E-state index contributed by atoms with van der Waals surface area (Å²) in [6, 6.07) is 0.464. The molecule has 0 aliphatic carbocycles. The Balaban J connectivity index is 3.72. The van der Waals surface area contributed by atoms with Crippen LogP contribution in [0.5, 0.6) is 0 Å². The molecule has 1 unspecified atom stereocenters. The molecule has 0 amide bonds. The van der Waals surface area contributed by atoms with Crippen LogP contribution in [0.4, 0.5) is 0 Å². The summed E-state index contributed by atoms with van der Waals surface area (Å²) in [6.07, 6.45) is 1.78. The van der Waals surface area contributed by atoms with Crippen molar-refractivity contribution in [3.8, 4) is 0 Å². The van der Waals surface area contributed by atoms with Gasteiger partial charge in [-0.3, -0.25) is 0 Å². The molecule has 0 heterocycles. The Kier molecular flexibility index (Phi) is 4.92. The summed E-state index contributed by atoms with van der Waals surface area (Å²) in [5.74, 6) is 1.38. The molecular weight excluding hydrogens is 136 g/mol. The Morgan fingerprint density at radius 1 is 1.18 bits per heavy atom. The normalized spacial score (nSPS) is 17.3. The van der Waals surface area contributed by atoms with Crippen molar-refractivity contribution in [2.75, 3.05) is 0 Å². The Bertz CT molecular complexity index is 119. The van der Waals surface area contributed by atoms with Gasteiger partial charge in [-0.2, -0.15) is 5.10 Å². The highest BCUT2D eigenvalue weighted by molar-refractivity contribution is 5.52. The van der Waals surface area contributed by atoms with Gasteiger partial charge in [-0.1, -0.05) is 20.8 Å². The van der Waals surface area contributed by atoms with Crippen molar-refractivity contribution < 1.29 is 0 Å². The molecule has 0 spiro atoms. The minimum atomic E-state index is 0.464. The molecule has 11 heavy (non-hydrogen) atoms. The van der Waals surface area contributed by atoms with Crippen LogP contribution in [-0.2, 0) is 0 Å². The van der Waals surface area contributed by atoms with Gasteiger partial charge >= 0.3 is 0 Å². The van der Waals surface area contributed by atoms with Crippen LogP contribution in [0.2, 0.25) is 0 Å². The third-order valence-corrected chi connectivity index (χ3v) is 2.25. The third kappa shape index (κ3) is 4.02. The molecule has 0 saturated heterocycles. The molecule has 0 aliphatic heterocycles. The maximum Gasteiger partial charge on any atom is 0.0439 e. The van der Waals surface area contributed by atoms with Crippen molar-refractivity contribution >= 4 is 6.21 Å². The maximum absolute atomic E-state index is 4.00. The van der Waals surface area contributed by atoms with Crippen LogP contribution in [0.1, 0.15) is 34.6 Å². The van der Waals surface area contributed by atoms with E-state index in [-0.39, 0.29) is 0 Å². The number of rotatable bonds is 4. The van der Waals surface area contributed by atoms with Gasteiger partial charge in [-0.15, -0.1) is 0 Å². The van der Waals surface area contributed by atoms with Crippen molar-refractivity contribution in [2.45, 2.75) is 40.7 Å². The van der Waals surface area contributed by atoms with Gasteiger partial charge in [0, 0.05) is 12.3 Å². The van der Waals surface area contributed by atoms with Crippen LogP contribution in [0.3, 0.4) is 0 Å². The first kappa shape index (κ1) is 10.5. The molecule has 0 fully saturated rings. The van der Waals surface area contributed by atoms with E-state index < -0.39 is 0 Å². The van der Waals surface area contributed by atoms with Crippen LogP contribution >= 0.6 is 0 Å². The lowest BCUT2D eigenvalue weighted by Crippen LogP contribution is -2.31. The fraction of sp³-hybridized carbons (Fsp3) is 0.889.